The van der Waals surface area contributed by atoms with Gasteiger partial charge in [-0.25, -0.2) is 0 Å². The van der Waals surface area contributed by atoms with Crippen LogP contribution in [0.15, 0.2) is 4.99 Å². The Labute approximate surface area is 87.5 Å². The third-order valence-corrected chi connectivity index (χ3v) is 3.60. The third kappa shape index (κ3) is 1.23. The van der Waals surface area contributed by atoms with Crippen LogP contribution < -0.4 is 0 Å². The molecule has 0 saturated heterocycles. The van der Waals surface area contributed by atoms with Crippen molar-refractivity contribution < 1.29 is 26.3 Å². The summed E-state index contributed by atoms with van der Waals surface area (Å²) in [5.41, 5.74) is -3.57. The van der Waals surface area contributed by atoms with Gasteiger partial charge in [0.1, 0.15) is 0 Å². The second kappa shape index (κ2) is 3.13. The summed E-state index contributed by atoms with van der Waals surface area (Å²) in [7, 11) is 0. The van der Waals surface area contributed by atoms with Crippen LogP contribution in [0.1, 0.15) is 12.8 Å². The molecule has 1 fully saturated rings. The van der Waals surface area contributed by atoms with Crippen LogP contribution in [0.3, 0.4) is 0 Å². The van der Waals surface area contributed by atoms with E-state index in [2.05, 4.69) is 4.99 Å². The molecule has 0 spiro atoms. The molecule has 1 aliphatic carbocycles. The lowest BCUT2D eigenvalue weighted by Crippen LogP contribution is -2.58. The number of alkyl halides is 6. The minimum absolute atomic E-state index is 0.0658. The molecule has 1 nitrogen and oxygen atoms in total. The number of halogens is 6. The van der Waals surface area contributed by atoms with Gasteiger partial charge in [0.2, 0.25) is 0 Å². The van der Waals surface area contributed by atoms with Crippen molar-refractivity contribution in [3.63, 3.8) is 0 Å². The van der Waals surface area contributed by atoms with Gasteiger partial charge in [-0.2, -0.15) is 26.3 Å². The first-order chi connectivity index (χ1) is 7.21. The summed E-state index contributed by atoms with van der Waals surface area (Å²) in [4.78, 5) is 3.60. The van der Waals surface area contributed by atoms with E-state index in [1.807, 2.05) is 0 Å². The van der Waals surface area contributed by atoms with Crippen molar-refractivity contribution in [2.24, 2.45) is 22.2 Å². The lowest BCUT2D eigenvalue weighted by Gasteiger charge is -2.43. The van der Waals surface area contributed by atoms with Gasteiger partial charge in [-0.3, -0.25) is 4.99 Å². The van der Waals surface area contributed by atoms with E-state index in [4.69, 9.17) is 0 Å². The average molecular weight is 245 g/mol. The molecule has 7 heteroatoms. The highest BCUT2D eigenvalue weighted by molar-refractivity contribution is 5.65. The molecule has 92 valence electrons. The molecule has 0 aromatic carbocycles. The van der Waals surface area contributed by atoms with Crippen molar-refractivity contribution >= 4 is 6.21 Å². The molecule has 0 radical (unpaired) electrons. The van der Waals surface area contributed by atoms with Crippen molar-refractivity contribution in [2.45, 2.75) is 25.2 Å². The highest BCUT2D eigenvalue weighted by atomic mass is 19.4. The van der Waals surface area contributed by atoms with Crippen LogP contribution in [-0.4, -0.2) is 25.1 Å². The van der Waals surface area contributed by atoms with Crippen LogP contribution in [0.25, 0.3) is 0 Å². The van der Waals surface area contributed by atoms with Gasteiger partial charge >= 0.3 is 12.4 Å². The Balaban J connectivity index is 2.57. The predicted molar refractivity (Wildman–Crippen MR) is 44.1 cm³/mol. The SMILES string of the molecule is FC(F)(F)C1(C(F)(F)F)[C@@H]2CC[C@H]1C=NC2. The summed E-state index contributed by atoms with van der Waals surface area (Å²) in [6.07, 6.45) is -9.84. The van der Waals surface area contributed by atoms with Crippen LogP contribution >= 0.6 is 0 Å². The van der Waals surface area contributed by atoms with Crippen LogP contribution in [0, 0.1) is 17.3 Å². The van der Waals surface area contributed by atoms with Gasteiger partial charge < -0.3 is 0 Å². The number of rotatable bonds is 0. The second-order valence-corrected chi connectivity index (χ2v) is 4.26. The van der Waals surface area contributed by atoms with Gasteiger partial charge in [0, 0.05) is 24.6 Å². The van der Waals surface area contributed by atoms with E-state index in [-0.39, 0.29) is 19.4 Å². The van der Waals surface area contributed by atoms with E-state index < -0.39 is 29.6 Å². The molecule has 0 unspecified atom stereocenters. The van der Waals surface area contributed by atoms with Gasteiger partial charge in [0.05, 0.1) is 0 Å². The van der Waals surface area contributed by atoms with Gasteiger partial charge in [-0.15, -0.1) is 0 Å². The fraction of sp³-hybridized carbons (Fsp3) is 0.889. The first-order valence-corrected chi connectivity index (χ1v) is 4.84. The minimum Gasteiger partial charge on any atom is -0.297 e. The Morgan fingerprint density at radius 2 is 1.56 bits per heavy atom. The van der Waals surface area contributed by atoms with Gasteiger partial charge in [0.15, 0.2) is 5.41 Å². The quantitative estimate of drug-likeness (QED) is 0.581. The van der Waals surface area contributed by atoms with E-state index in [0.29, 0.717) is 0 Å². The zero-order valence-corrected chi connectivity index (χ0v) is 8.07. The highest BCUT2D eigenvalue weighted by Crippen LogP contribution is 2.65. The van der Waals surface area contributed by atoms with E-state index in [1.54, 1.807) is 0 Å². The zero-order valence-electron chi connectivity index (χ0n) is 8.07. The first kappa shape index (κ1) is 11.7. The fourth-order valence-electron chi connectivity index (χ4n) is 2.93. The largest absolute Gasteiger partial charge is 0.404 e. The Kier molecular flexibility index (Phi) is 2.30. The maximum atomic E-state index is 12.9. The average Bonchev–Trinajstić information content (AvgIpc) is 2.30. The molecule has 16 heavy (non-hydrogen) atoms. The highest BCUT2D eigenvalue weighted by Gasteiger charge is 2.78. The summed E-state index contributed by atoms with van der Waals surface area (Å²) >= 11 is 0. The molecular formula is C9H9F6N. The van der Waals surface area contributed by atoms with Crippen LogP contribution in [0.4, 0.5) is 26.3 Å². The zero-order chi connectivity index (χ0) is 12.2. The molecule has 1 aliphatic heterocycles. The molecule has 0 aromatic rings. The summed E-state index contributed by atoms with van der Waals surface area (Å²) in [6.45, 7) is -0.379. The lowest BCUT2D eigenvalue weighted by atomic mass is 9.69. The molecule has 2 atom stereocenters. The van der Waals surface area contributed by atoms with Gasteiger partial charge in [0.25, 0.3) is 0 Å². The van der Waals surface area contributed by atoms with E-state index in [0.717, 1.165) is 6.21 Å². The van der Waals surface area contributed by atoms with Crippen molar-refractivity contribution in [3.8, 4) is 0 Å². The summed E-state index contributed by atoms with van der Waals surface area (Å²) in [5.74, 6) is -3.01. The van der Waals surface area contributed by atoms with Crippen LogP contribution in [0.2, 0.25) is 0 Å². The molecule has 2 rings (SSSR count). The van der Waals surface area contributed by atoms with Crippen LogP contribution in [0.5, 0.6) is 0 Å². The van der Waals surface area contributed by atoms with Gasteiger partial charge in [-0.05, 0) is 12.8 Å². The normalized spacial score (nSPS) is 33.1. The van der Waals surface area contributed by atoms with Crippen molar-refractivity contribution in [1.82, 2.24) is 0 Å². The Bertz CT molecular complexity index is 301. The third-order valence-electron chi connectivity index (χ3n) is 3.60. The van der Waals surface area contributed by atoms with Gasteiger partial charge in [-0.1, -0.05) is 0 Å². The molecule has 1 saturated carbocycles. The van der Waals surface area contributed by atoms with E-state index in [1.165, 1.54) is 0 Å². The number of aliphatic imine (C=N–C) groups is 1. The molecule has 0 N–H and O–H groups in total. The number of nitrogens with zero attached hydrogens (tertiary/aromatic N) is 1. The maximum Gasteiger partial charge on any atom is 0.404 e. The predicted octanol–water partition coefficient (Wildman–Crippen LogP) is 3.21. The fourth-order valence-corrected chi connectivity index (χ4v) is 2.93. The molecular weight excluding hydrogens is 236 g/mol. The first-order valence-electron chi connectivity index (χ1n) is 4.84. The molecule has 0 amide bonds. The Morgan fingerprint density at radius 3 is 1.94 bits per heavy atom. The van der Waals surface area contributed by atoms with Crippen molar-refractivity contribution in [1.29, 1.82) is 0 Å². The van der Waals surface area contributed by atoms with E-state index in [9.17, 15) is 26.3 Å². The van der Waals surface area contributed by atoms with E-state index >= 15 is 0 Å². The number of fused-ring (bicyclic) bond motifs is 2. The topological polar surface area (TPSA) is 12.4 Å². The smallest absolute Gasteiger partial charge is 0.297 e. The second-order valence-electron chi connectivity index (χ2n) is 4.26. The molecule has 2 bridgehead atoms. The molecule has 0 aromatic heterocycles. The van der Waals surface area contributed by atoms with Crippen molar-refractivity contribution in [2.75, 3.05) is 6.54 Å². The number of hydrogen-bond acceptors (Lipinski definition) is 1. The summed E-state index contributed by atoms with van der Waals surface area (Å²) < 4.78 is 77.1. The lowest BCUT2D eigenvalue weighted by molar-refractivity contribution is -0.360. The summed E-state index contributed by atoms with van der Waals surface area (Å²) in [6, 6.07) is 0. The minimum atomic E-state index is -5.26. The monoisotopic (exact) mass is 245 g/mol. The Hall–Kier alpha value is -0.750. The Morgan fingerprint density at radius 1 is 1.00 bits per heavy atom. The molecule has 2 aliphatic rings. The summed E-state index contributed by atoms with van der Waals surface area (Å²) in [5, 5.41) is 0. The number of hydrogen-bond donors (Lipinski definition) is 0. The van der Waals surface area contributed by atoms with Crippen molar-refractivity contribution in [3.05, 3.63) is 0 Å². The molecule has 1 heterocycles. The van der Waals surface area contributed by atoms with Crippen LogP contribution in [-0.2, 0) is 0 Å². The standard InChI is InChI=1S/C9H9F6N/c10-8(11,12)7(9(13,14)15)5-1-2-6(7)4-16-3-5/h3,5-6H,1-2,4H2/t5-,6+/m0/s1. The maximum absolute atomic E-state index is 12.9.